The first-order chi connectivity index (χ1) is 19.0. The van der Waals surface area contributed by atoms with Gasteiger partial charge >= 0.3 is 0 Å². The maximum atomic E-state index is 15.0. The number of aromatic nitrogens is 3. The molecule has 3 aliphatic rings. The number of hydrogen-bond donors (Lipinski definition) is 2. The van der Waals surface area contributed by atoms with E-state index >= 15 is 0 Å². The van der Waals surface area contributed by atoms with Gasteiger partial charge < -0.3 is 20.4 Å². The van der Waals surface area contributed by atoms with E-state index in [1.165, 1.54) is 17.4 Å². The van der Waals surface area contributed by atoms with Crippen LogP contribution in [0.5, 0.6) is 0 Å². The smallest absolute Gasteiger partial charge is 0.223 e. The van der Waals surface area contributed by atoms with E-state index in [-0.39, 0.29) is 23.7 Å². The number of nitrogens with two attached hydrogens (primary N) is 1. The van der Waals surface area contributed by atoms with Crippen LogP contribution in [0.1, 0.15) is 29.4 Å². The van der Waals surface area contributed by atoms with E-state index in [1.807, 2.05) is 12.3 Å². The molecule has 11 heteroatoms. The molecule has 3 N–H and O–H groups in total. The molecule has 7 rings (SSSR count). The molecular formula is C28H32FN7O2S. The number of morpholine rings is 1. The van der Waals surface area contributed by atoms with Crippen LogP contribution in [0.25, 0.3) is 21.1 Å². The third kappa shape index (κ3) is 4.57. The Bertz CT molecular complexity index is 1520. The second-order valence-electron chi connectivity index (χ2n) is 10.8. The van der Waals surface area contributed by atoms with E-state index in [2.05, 4.69) is 35.7 Å². The van der Waals surface area contributed by atoms with Gasteiger partial charge in [-0.05, 0) is 50.2 Å². The molecule has 0 saturated carbocycles. The van der Waals surface area contributed by atoms with Gasteiger partial charge in [0.1, 0.15) is 24.1 Å². The Morgan fingerprint density at radius 2 is 2.08 bits per heavy atom. The Kier molecular flexibility index (Phi) is 6.46. The van der Waals surface area contributed by atoms with Crippen molar-refractivity contribution in [3.8, 4) is 0 Å². The van der Waals surface area contributed by atoms with E-state index in [4.69, 9.17) is 10.5 Å². The molecule has 0 spiro atoms. The molecule has 6 heterocycles. The molecule has 204 valence electrons. The molecule has 0 aliphatic carbocycles. The summed E-state index contributed by atoms with van der Waals surface area (Å²) in [6.45, 7) is 6.18. The van der Waals surface area contributed by atoms with Gasteiger partial charge in [0.05, 0.1) is 29.3 Å². The number of carbonyl (C=O) groups is 1. The van der Waals surface area contributed by atoms with Gasteiger partial charge in [0, 0.05) is 59.8 Å². The molecule has 3 aromatic heterocycles. The zero-order chi connectivity index (χ0) is 26.5. The first kappa shape index (κ1) is 24.9. The first-order valence-electron chi connectivity index (χ1n) is 13.7. The van der Waals surface area contributed by atoms with Crippen LogP contribution in [0, 0.1) is 11.7 Å². The van der Waals surface area contributed by atoms with E-state index in [1.54, 1.807) is 23.7 Å². The zero-order valence-electron chi connectivity index (χ0n) is 21.7. The first-order valence-corrected chi connectivity index (χ1v) is 14.5. The lowest BCUT2D eigenvalue weighted by Crippen LogP contribution is -2.58. The van der Waals surface area contributed by atoms with Crippen LogP contribution in [-0.4, -0.2) is 82.6 Å². The standard InChI is InChI=1S/C28H32FN7O2S/c29-20-2-3-21-18(4-6-31-21)25(20)24-15-36(10-11-38-24)28-26-22(32-16-33-28)12-17(39-26)13-34-9-5-23(35-7-1-8-35)19(14-34)27(30)37/h2-4,6,12,16,19,23-24,31H,1,5,7-11,13-15H2,(H2,30,37)/t19-,23-,24?/m1/s1. The summed E-state index contributed by atoms with van der Waals surface area (Å²) in [5, 5.41) is 0.847. The quantitative estimate of drug-likeness (QED) is 0.381. The monoisotopic (exact) mass is 549 g/mol. The molecular weight excluding hydrogens is 517 g/mol. The average molecular weight is 550 g/mol. The number of thiophene rings is 1. The van der Waals surface area contributed by atoms with E-state index in [0.29, 0.717) is 31.8 Å². The number of hydrogen-bond acceptors (Lipinski definition) is 8. The summed E-state index contributed by atoms with van der Waals surface area (Å²) in [6.07, 6.45) is 5.20. The molecule has 0 bridgehead atoms. The molecule has 1 amide bonds. The fraction of sp³-hybridized carbons (Fsp3) is 0.464. The Morgan fingerprint density at radius 1 is 1.18 bits per heavy atom. The molecule has 1 aromatic carbocycles. The van der Waals surface area contributed by atoms with Crippen LogP contribution in [0.2, 0.25) is 0 Å². The minimum absolute atomic E-state index is 0.140. The van der Waals surface area contributed by atoms with Crippen LogP contribution in [0.15, 0.2) is 36.8 Å². The Morgan fingerprint density at radius 3 is 2.90 bits per heavy atom. The van der Waals surface area contributed by atoms with Crippen molar-refractivity contribution in [1.29, 1.82) is 0 Å². The number of nitrogens with zero attached hydrogens (tertiary/aromatic N) is 5. The van der Waals surface area contributed by atoms with Crippen molar-refractivity contribution in [1.82, 2.24) is 24.8 Å². The molecule has 3 aliphatic heterocycles. The van der Waals surface area contributed by atoms with Crippen molar-refractivity contribution in [3.05, 3.63) is 53.0 Å². The fourth-order valence-electron chi connectivity index (χ4n) is 6.43. The van der Waals surface area contributed by atoms with Crippen molar-refractivity contribution in [2.75, 3.05) is 50.8 Å². The lowest BCUT2D eigenvalue weighted by molar-refractivity contribution is -0.127. The number of halogens is 1. The lowest BCUT2D eigenvalue weighted by atomic mass is 9.88. The number of aromatic amines is 1. The number of primary amides is 1. The number of anilines is 1. The van der Waals surface area contributed by atoms with Gasteiger partial charge in [-0.1, -0.05) is 0 Å². The number of H-pyrrole nitrogens is 1. The molecule has 39 heavy (non-hydrogen) atoms. The average Bonchev–Trinajstić information content (AvgIpc) is 3.55. The number of benzene rings is 1. The van der Waals surface area contributed by atoms with E-state index in [0.717, 1.165) is 59.5 Å². The highest BCUT2D eigenvalue weighted by atomic mass is 32.1. The highest BCUT2D eigenvalue weighted by Gasteiger charge is 2.38. The predicted molar refractivity (Wildman–Crippen MR) is 149 cm³/mol. The largest absolute Gasteiger partial charge is 0.370 e. The van der Waals surface area contributed by atoms with Gasteiger partial charge in [0.25, 0.3) is 0 Å². The van der Waals surface area contributed by atoms with Crippen LogP contribution in [0.3, 0.4) is 0 Å². The Hall–Kier alpha value is -3.12. The highest BCUT2D eigenvalue weighted by molar-refractivity contribution is 7.19. The third-order valence-corrected chi connectivity index (χ3v) is 9.62. The van der Waals surface area contributed by atoms with Crippen molar-refractivity contribution < 1.29 is 13.9 Å². The van der Waals surface area contributed by atoms with Crippen LogP contribution < -0.4 is 10.6 Å². The SMILES string of the molecule is NC(=O)[C@@H]1CN(Cc2cc3ncnc(N4CCOC(c5c(F)ccc6[nH]ccc56)C4)c3s2)CC[C@H]1N1CCC1. The van der Waals surface area contributed by atoms with Crippen LogP contribution in [-0.2, 0) is 16.1 Å². The summed E-state index contributed by atoms with van der Waals surface area (Å²) in [5.41, 5.74) is 8.22. The summed E-state index contributed by atoms with van der Waals surface area (Å²) in [7, 11) is 0. The Balaban J connectivity index is 1.11. The highest BCUT2D eigenvalue weighted by Crippen LogP contribution is 2.37. The number of nitrogens with one attached hydrogen (secondary N) is 1. The second-order valence-corrected chi connectivity index (χ2v) is 12.0. The maximum absolute atomic E-state index is 15.0. The number of ether oxygens (including phenoxy) is 1. The van der Waals surface area contributed by atoms with Gasteiger partial charge in [0.15, 0.2) is 0 Å². The number of likely N-dealkylation sites (tertiary alicyclic amines) is 2. The molecule has 9 nitrogen and oxygen atoms in total. The number of fused-ring (bicyclic) bond motifs is 2. The Labute approximate surface area is 229 Å². The summed E-state index contributed by atoms with van der Waals surface area (Å²) in [5.74, 6) is 0.263. The molecule has 3 fully saturated rings. The van der Waals surface area contributed by atoms with Crippen molar-refractivity contribution >= 4 is 44.2 Å². The number of amides is 1. The molecule has 3 saturated heterocycles. The van der Waals surface area contributed by atoms with Gasteiger partial charge in [0.2, 0.25) is 5.91 Å². The van der Waals surface area contributed by atoms with Gasteiger partial charge in [-0.25, -0.2) is 14.4 Å². The second kappa shape index (κ2) is 10.1. The van der Waals surface area contributed by atoms with Gasteiger partial charge in [-0.3, -0.25) is 14.6 Å². The number of piperidine rings is 1. The minimum atomic E-state index is -0.402. The number of carbonyl (C=O) groups excluding carboxylic acids is 1. The molecule has 4 aromatic rings. The predicted octanol–water partition coefficient (Wildman–Crippen LogP) is 3.27. The van der Waals surface area contributed by atoms with Gasteiger partial charge in [-0.2, -0.15) is 0 Å². The van der Waals surface area contributed by atoms with Crippen molar-refractivity contribution in [2.24, 2.45) is 11.7 Å². The summed E-state index contributed by atoms with van der Waals surface area (Å²) >= 11 is 1.69. The normalized spacial score (nSPS) is 24.8. The van der Waals surface area contributed by atoms with Crippen LogP contribution in [0.4, 0.5) is 10.2 Å². The summed E-state index contributed by atoms with van der Waals surface area (Å²) in [6, 6.07) is 7.56. The van der Waals surface area contributed by atoms with Crippen molar-refractivity contribution in [3.63, 3.8) is 0 Å². The molecule has 0 radical (unpaired) electrons. The maximum Gasteiger partial charge on any atom is 0.223 e. The van der Waals surface area contributed by atoms with E-state index in [9.17, 15) is 9.18 Å². The number of rotatable bonds is 6. The van der Waals surface area contributed by atoms with Crippen LogP contribution >= 0.6 is 11.3 Å². The lowest BCUT2D eigenvalue weighted by Gasteiger charge is -2.46. The van der Waals surface area contributed by atoms with Gasteiger partial charge in [-0.15, -0.1) is 11.3 Å². The summed E-state index contributed by atoms with van der Waals surface area (Å²) < 4.78 is 22.1. The minimum Gasteiger partial charge on any atom is -0.370 e. The molecule has 3 atom stereocenters. The van der Waals surface area contributed by atoms with E-state index < -0.39 is 6.10 Å². The van der Waals surface area contributed by atoms with Crippen molar-refractivity contribution in [2.45, 2.75) is 31.5 Å². The molecule has 1 unspecified atom stereocenters. The zero-order valence-corrected chi connectivity index (χ0v) is 22.5. The third-order valence-electron chi connectivity index (χ3n) is 8.52. The summed E-state index contributed by atoms with van der Waals surface area (Å²) in [4.78, 5) is 32.8. The fourth-order valence-corrected chi connectivity index (χ4v) is 7.60. The topological polar surface area (TPSA) is 104 Å².